The van der Waals surface area contributed by atoms with Crippen molar-refractivity contribution in [2.75, 3.05) is 0 Å². The van der Waals surface area contributed by atoms with Crippen molar-refractivity contribution in [1.29, 1.82) is 0 Å². The standard InChI is InChI=1S/C17H12N.C16H20NSi.Ir/c1-3-8-14(9-4-1)16-12-7-13-18-17(16)15-10-5-2-6-11-15;1-5-13-11-15(14-9-7-6-8-10-14)17-12-16(13)18(2,3)4;/h1-10,12-13H;6-9,11-12H,5H2,1-4H3;/q2*-1;. The second-order valence-electron chi connectivity index (χ2n) is 9.65. The number of hydrogen-bond donors (Lipinski definition) is 0. The van der Waals surface area contributed by atoms with E-state index in [1.807, 2.05) is 72.9 Å². The predicted octanol–water partition coefficient (Wildman–Crippen LogP) is 7.87. The molecule has 0 amide bonds. The van der Waals surface area contributed by atoms with E-state index in [9.17, 15) is 0 Å². The molecular formula is C33H32IrN2Si-2. The summed E-state index contributed by atoms with van der Waals surface area (Å²) in [5.74, 6) is 0. The van der Waals surface area contributed by atoms with E-state index in [1.54, 1.807) is 0 Å². The van der Waals surface area contributed by atoms with Crippen LogP contribution in [0.1, 0.15) is 12.5 Å². The number of benzene rings is 3. The van der Waals surface area contributed by atoms with Gasteiger partial charge in [-0.3, -0.25) is 0 Å². The van der Waals surface area contributed by atoms with E-state index in [0.29, 0.717) is 0 Å². The zero-order valence-electron chi connectivity index (χ0n) is 21.8. The molecule has 0 atom stereocenters. The first-order chi connectivity index (χ1) is 17.5. The van der Waals surface area contributed by atoms with Gasteiger partial charge >= 0.3 is 0 Å². The Kier molecular flexibility index (Phi) is 10.3. The monoisotopic (exact) mass is 677 g/mol. The Hall–Kier alpha value is -3.17. The first kappa shape index (κ1) is 28.4. The molecule has 0 N–H and O–H groups in total. The second kappa shape index (κ2) is 13.4. The molecule has 3 aromatic carbocycles. The molecule has 0 aliphatic rings. The van der Waals surface area contributed by atoms with Gasteiger partial charge in [0.2, 0.25) is 0 Å². The van der Waals surface area contributed by atoms with E-state index in [4.69, 9.17) is 0 Å². The molecule has 0 unspecified atom stereocenters. The number of hydrogen-bond acceptors (Lipinski definition) is 2. The van der Waals surface area contributed by atoms with Crippen molar-refractivity contribution >= 4 is 13.3 Å². The third-order valence-electron chi connectivity index (χ3n) is 6.02. The molecule has 0 bridgehead atoms. The molecule has 2 heterocycles. The second-order valence-corrected chi connectivity index (χ2v) is 14.7. The first-order valence-electron chi connectivity index (χ1n) is 12.4. The summed E-state index contributed by atoms with van der Waals surface area (Å²) in [6.45, 7) is 9.34. The molecule has 5 rings (SSSR count). The quantitative estimate of drug-likeness (QED) is 0.140. The van der Waals surface area contributed by atoms with Gasteiger partial charge in [-0.1, -0.05) is 74.6 Å². The van der Waals surface area contributed by atoms with Crippen molar-refractivity contribution in [3.8, 4) is 33.6 Å². The Labute approximate surface area is 236 Å². The molecule has 0 spiro atoms. The van der Waals surface area contributed by atoms with Crippen LogP contribution in [-0.4, -0.2) is 18.0 Å². The van der Waals surface area contributed by atoms with Crippen LogP contribution >= 0.6 is 0 Å². The Balaban J connectivity index is 0.000000200. The van der Waals surface area contributed by atoms with Gasteiger partial charge in [0.05, 0.1) is 8.07 Å². The minimum Gasteiger partial charge on any atom is -0.305 e. The van der Waals surface area contributed by atoms with Crippen LogP contribution in [0.3, 0.4) is 0 Å². The van der Waals surface area contributed by atoms with Crippen LogP contribution < -0.4 is 5.19 Å². The molecule has 189 valence electrons. The van der Waals surface area contributed by atoms with Gasteiger partial charge in [-0.05, 0) is 40.2 Å². The average Bonchev–Trinajstić information content (AvgIpc) is 2.94. The van der Waals surface area contributed by atoms with Gasteiger partial charge < -0.3 is 9.97 Å². The van der Waals surface area contributed by atoms with Crippen LogP contribution in [0.5, 0.6) is 0 Å². The number of aromatic nitrogens is 2. The van der Waals surface area contributed by atoms with Crippen molar-refractivity contribution in [3.63, 3.8) is 0 Å². The molecule has 37 heavy (non-hydrogen) atoms. The summed E-state index contributed by atoms with van der Waals surface area (Å²) in [7, 11) is -1.30. The maximum absolute atomic E-state index is 4.63. The molecule has 0 fully saturated rings. The molecule has 5 aromatic rings. The van der Waals surface area contributed by atoms with E-state index < -0.39 is 8.07 Å². The fourth-order valence-corrected chi connectivity index (χ4v) is 5.84. The van der Waals surface area contributed by atoms with Crippen molar-refractivity contribution in [2.24, 2.45) is 0 Å². The Morgan fingerprint density at radius 2 is 1.38 bits per heavy atom. The van der Waals surface area contributed by atoms with Crippen LogP contribution in [0.4, 0.5) is 0 Å². The molecule has 1 radical (unpaired) electrons. The summed E-state index contributed by atoms with van der Waals surface area (Å²) in [4.78, 5) is 9.12. The SMILES string of the molecule is CCc1cc(-c2[c-]cccc2)ncc1[Si](C)(C)C.[Ir].[c-]1ccccc1-c1ncccc1-c1ccccc1. The number of pyridine rings is 2. The summed E-state index contributed by atoms with van der Waals surface area (Å²) >= 11 is 0. The Morgan fingerprint density at radius 1 is 0.730 bits per heavy atom. The van der Waals surface area contributed by atoms with Gasteiger partial charge in [0.15, 0.2) is 0 Å². The van der Waals surface area contributed by atoms with Gasteiger partial charge in [-0.15, -0.1) is 71.8 Å². The van der Waals surface area contributed by atoms with E-state index in [0.717, 1.165) is 34.5 Å². The summed E-state index contributed by atoms with van der Waals surface area (Å²) in [5, 5.41) is 1.48. The van der Waals surface area contributed by atoms with Gasteiger partial charge in [-0.2, -0.15) is 0 Å². The normalized spacial score (nSPS) is 10.6. The smallest absolute Gasteiger partial charge is 0.0798 e. The molecule has 4 heteroatoms. The molecular weight excluding hydrogens is 645 g/mol. The topological polar surface area (TPSA) is 25.8 Å². The third-order valence-corrected chi connectivity index (χ3v) is 8.09. The van der Waals surface area contributed by atoms with Gasteiger partial charge in [0.1, 0.15) is 0 Å². The van der Waals surface area contributed by atoms with Gasteiger partial charge in [0.25, 0.3) is 0 Å². The maximum atomic E-state index is 4.63. The molecule has 0 aliphatic carbocycles. The average molecular weight is 677 g/mol. The first-order valence-corrected chi connectivity index (χ1v) is 15.9. The van der Waals surface area contributed by atoms with Crippen molar-refractivity contribution in [1.82, 2.24) is 9.97 Å². The molecule has 0 aliphatic heterocycles. The van der Waals surface area contributed by atoms with Crippen LogP contribution in [-0.2, 0) is 26.5 Å². The summed E-state index contributed by atoms with van der Waals surface area (Å²) in [5.41, 5.74) is 7.87. The zero-order valence-corrected chi connectivity index (χ0v) is 25.2. The Morgan fingerprint density at radius 3 is 1.97 bits per heavy atom. The zero-order chi connectivity index (χ0) is 25.4. The summed E-state index contributed by atoms with van der Waals surface area (Å²) in [6.07, 6.45) is 4.98. The van der Waals surface area contributed by atoms with Crippen LogP contribution in [0, 0.1) is 12.1 Å². The number of aryl methyl sites for hydroxylation is 1. The van der Waals surface area contributed by atoms with E-state index in [1.165, 1.54) is 16.3 Å². The Bertz CT molecular complexity index is 1320. The fourth-order valence-electron chi connectivity index (χ4n) is 4.18. The molecule has 2 nitrogen and oxygen atoms in total. The van der Waals surface area contributed by atoms with Crippen molar-refractivity contribution in [3.05, 3.63) is 127 Å². The van der Waals surface area contributed by atoms with Crippen molar-refractivity contribution in [2.45, 2.75) is 33.0 Å². The number of nitrogens with zero attached hydrogens (tertiary/aromatic N) is 2. The predicted molar refractivity (Wildman–Crippen MR) is 155 cm³/mol. The van der Waals surface area contributed by atoms with E-state index >= 15 is 0 Å². The fraction of sp³-hybridized carbons (Fsp3) is 0.152. The van der Waals surface area contributed by atoms with Gasteiger partial charge in [0, 0.05) is 32.5 Å². The molecule has 2 aromatic heterocycles. The van der Waals surface area contributed by atoms with Crippen LogP contribution in [0.2, 0.25) is 19.6 Å². The van der Waals surface area contributed by atoms with E-state index in [2.05, 4.69) is 85.2 Å². The summed E-state index contributed by atoms with van der Waals surface area (Å²) in [6, 6.07) is 39.0. The number of rotatable bonds is 5. The van der Waals surface area contributed by atoms with Gasteiger partial charge in [-0.25, -0.2) is 0 Å². The largest absolute Gasteiger partial charge is 0.305 e. The van der Waals surface area contributed by atoms with E-state index in [-0.39, 0.29) is 20.1 Å². The van der Waals surface area contributed by atoms with Crippen LogP contribution in [0.15, 0.2) is 109 Å². The third kappa shape index (κ3) is 7.42. The minimum atomic E-state index is -1.30. The van der Waals surface area contributed by atoms with Crippen LogP contribution in [0.25, 0.3) is 33.6 Å². The summed E-state index contributed by atoms with van der Waals surface area (Å²) < 4.78 is 0. The van der Waals surface area contributed by atoms with Crippen molar-refractivity contribution < 1.29 is 20.1 Å². The maximum Gasteiger partial charge on any atom is 0.0798 e. The minimum absolute atomic E-state index is 0. The molecule has 0 saturated carbocycles. The molecule has 0 saturated heterocycles.